The van der Waals surface area contributed by atoms with Crippen molar-refractivity contribution in [2.24, 2.45) is 0 Å². The lowest BCUT2D eigenvalue weighted by atomic mass is 9.82. The van der Waals surface area contributed by atoms with Crippen LogP contribution < -0.4 is 20.1 Å². The molecule has 4 rings (SSSR count). The molecule has 0 aromatic heterocycles. The summed E-state index contributed by atoms with van der Waals surface area (Å²) in [6.07, 6.45) is 0. The van der Waals surface area contributed by atoms with Crippen LogP contribution in [0.15, 0.2) is 66.7 Å². The highest BCUT2D eigenvalue weighted by Gasteiger charge is 2.54. The summed E-state index contributed by atoms with van der Waals surface area (Å²) in [5, 5.41) is 4.90. The molecule has 10 heteroatoms. The Labute approximate surface area is 199 Å². The largest absolute Gasteiger partial charge is 0.497 e. The first-order chi connectivity index (χ1) is 16.8. The maximum absolute atomic E-state index is 13.9. The molecule has 0 spiro atoms. The highest BCUT2D eigenvalue weighted by atomic mass is 19.1. The first kappa shape index (κ1) is 23.7. The number of hydrogen-bond acceptors (Lipinski definition) is 5. The zero-order valence-corrected chi connectivity index (χ0v) is 18.8. The number of benzene rings is 3. The predicted molar refractivity (Wildman–Crippen MR) is 122 cm³/mol. The van der Waals surface area contributed by atoms with Crippen molar-refractivity contribution in [1.82, 2.24) is 10.2 Å². The van der Waals surface area contributed by atoms with E-state index in [1.165, 1.54) is 14.2 Å². The Kier molecular flexibility index (Phi) is 6.37. The van der Waals surface area contributed by atoms with Crippen LogP contribution in [0, 0.1) is 11.6 Å². The molecule has 0 saturated carbocycles. The van der Waals surface area contributed by atoms with Gasteiger partial charge < -0.3 is 20.1 Å². The van der Waals surface area contributed by atoms with Gasteiger partial charge in [0, 0.05) is 6.07 Å². The lowest BCUT2D eigenvalue weighted by Crippen LogP contribution is -2.45. The number of imide groups is 1. The van der Waals surface area contributed by atoms with Gasteiger partial charge in [-0.3, -0.25) is 14.5 Å². The van der Waals surface area contributed by atoms with E-state index in [0.29, 0.717) is 22.6 Å². The molecule has 35 heavy (non-hydrogen) atoms. The zero-order chi connectivity index (χ0) is 25.2. The average Bonchev–Trinajstić information content (AvgIpc) is 3.12. The van der Waals surface area contributed by atoms with Gasteiger partial charge >= 0.3 is 6.03 Å². The van der Waals surface area contributed by atoms with E-state index in [9.17, 15) is 23.2 Å². The summed E-state index contributed by atoms with van der Waals surface area (Å²) in [6.45, 7) is -0.714. The Morgan fingerprint density at radius 1 is 0.914 bits per heavy atom. The second-order valence-corrected chi connectivity index (χ2v) is 7.70. The fourth-order valence-corrected chi connectivity index (χ4v) is 3.89. The summed E-state index contributed by atoms with van der Waals surface area (Å²) in [6, 6.07) is 14.8. The quantitative estimate of drug-likeness (QED) is 0.504. The Balaban J connectivity index is 1.68. The fraction of sp³-hybridized carbons (Fsp3) is 0.160. The van der Waals surface area contributed by atoms with Crippen molar-refractivity contribution < 1.29 is 32.6 Å². The number of anilines is 1. The molecule has 2 N–H and O–H groups in total. The van der Waals surface area contributed by atoms with Gasteiger partial charge in [-0.1, -0.05) is 24.3 Å². The summed E-state index contributed by atoms with van der Waals surface area (Å²) < 4.78 is 37.7. The molecule has 0 atom stereocenters. The first-order valence-electron chi connectivity index (χ1n) is 10.5. The molecule has 1 aliphatic rings. The van der Waals surface area contributed by atoms with Crippen molar-refractivity contribution in [2.45, 2.75) is 5.54 Å². The van der Waals surface area contributed by atoms with E-state index in [0.717, 1.165) is 23.1 Å². The van der Waals surface area contributed by atoms with Crippen LogP contribution in [0.2, 0.25) is 0 Å². The maximum Gasteiger partial charge on any atom is 0.326 e. The number of hydrogen-bond donors (Lipinski definition) is 2. The van der Waals surface area contributed by atoms with Crippen molar-refractivity contribution in [3.8, 4) is 11.5 Å². The second-order valence-electron chi connectivity index (χ2n) is 7.70. The standard InChI is InChI=1S/C25H21F2N3O5/c1-34-18-8-3-15(4-9-18)25(16-5-10-19(35-2)11-6-16)23(32)30(24(33)29-25)14-22(31)28-21-13-17(26)7-12-20(21)27/h3-13H,14H2,1-2H3,(H,28,31)(H,29,33). The third kappa shape index (κ3) is 4.37. The molecule has 0 unspecified atom stereocenters. The lowest BCUT2D eigenvalue weighted by molar-refractivity contribution is -0.133. The van der Waals surface area contributed by atoms with Crippen LogP contribution in [0.25, 0.3) is 0 Å². The Hall–Kier alpha value is -4.47. The van der Waals surface area contributed by atoms with Gasteiger partial charge in [-0.15, -0.1) is 0 Å². The number of amides is 4. The second kappa shape index (κ2) is 9.41. The van der Waals surface area contributed by atoms with Crippen molar-refractivity contribution in [2.75, 3.05) is 26.1 Å². The van der Waals surface area contributed by atoms with Gasteiger partial charge in [0.1, 0.15) is 29.7 Å². The van der Waals surface area contributed by atoms with Crippen molar-refractivity contribution in [3.05, 3.63) is 89.5 Å². The monoisotopic (exact) mass is 481 g/mol. The van der Waals surface area contributed by atoms with Gasteiger partial charge in [-0.25, -0.2) is 13.6 Å². The third-order valence-electron chi connectivity index (χ3n) is 5.66. The van der Waals surface area contributed by atoms with Crippen LogP contribution in [0.5, 0.6) is 11.5 Å². The van der Waals surface area contributed by atoms with Crippen LogP contribution in [-0.2, 0) is 15.1 Å². The molecule has 1 aliphatic heterocycles. The van der Waals surface area contributed by atoms with E-state index >= 15 is 0 Å². The number of urea groups is 1. The van der Waals surface area contributed by atoms with Crippen LogP contribution >= 0.6 is 0 Å². The smallest absolute Gasteiger partial charge is 0.326 e. The molecular weight excluding hydrogens is 460 g/mol. The number of halogens is 2. The van der Waals surface area contributed by atoms with Gasteiger partial charge in [-0.05, 0) is 47.5 Å². The zero-order valence-electron chi connectivity index (χ0n) is 18.8. The Morgan fingerprint density at radius 2 is 1.46 bits per heavy atom. The van der Waals surface area contributed by atoms with E-state index in [4.69, 9.17) is 9.47 Å². The summed E-state index contributed by atoms with van der Waals surface area (Å²) in [5.41, 5.74) is -1.18. The average molecular weight is 481 g/mol. The molecule has 1 heterocycles. The van der Waals surface area contributed by atoms with Crippen molar-refractivity contribution in [3.63, 3.8) is 0 Å². The highest BCUT2D eigenvalue weighted by Crippen LogP contribution is 2.37. The summed E-state index contributed by atoms with van der Waals surface area (Å²) >= 11 is 0. The Morgan fingerprint density at radius 3 is 1.97 bits per heavy atom. The Bertz CT molecular complexity index is 1230. The van der Waals surface area contributed by atoms with Gasteiger partial charge in [0.2, 0.25) is 5.91 Å². The molecule has 0 aliphatic carbocycles. The highest BCUT2D eigenvalue weighted by molar-refractivity contribution is 6.12. The minimum Gasteiger partial charge on any atom is -0.497 e. The van der Waals surface area contributed by atoms with E-state index < -0.39 is 47.3 Å². The van der Waals surface area contributed by atoms with E-state index in [2.05, 4.69) is 10.6 Å². The minimum absolute atomic E-state index is 0.404. The number of rotatable bonds is 7. The molecule has 3 aromatic rings. The molecule has 4 amide bonds. The molecule has 0 radical (unpaired) electrons. The molecular formula is C25H21F2N3O5. The van der Waals surface area contributed by atoms with Crippen LogP contribution in [-0.4, -0.2) is 43.5 Å². The van der Waals surface area contributed by atoms with Crippen LogP contribution in [0.1, 0.15) is 11.1 Å². The molecule has 0 bridgehead atoms. The molecule has 8 nitrogen and oxygen atoms in total. The number of ether oxygens (including phenoxy) is 2. The van der Waals surface area contributed by atoms with Gasteiger partial charge in [0.25, 0.3) is 5.91 Å². The number of nitrogens with zero attached hydrogens (tertiary/aromatic N) is 1. The fourth-order valence-electron chi connectivity index (χ4n) is 3.89. The summed E-state index contributed by atoms with van der Waals surface area (Å²) in [4.78, 5) is 39.9. The van der Waals surface area contributed by atoms with E-state index in [1.54, 1.807) is 48.5 Å². The van der Waals surface area contributed by atoms with E-state index in [1.807, 2.05) is 0 Å². The molecule has 1 fully saturated rings. The first-order valence-corrected chi connectivity index (χ1v) is 10.5. The van der Waals surface area contributed by atoms with Gasteiger partial charge in [-0.2, -0.15) is 0 Å². The molecule has 1 saturated heterocycles. The van der Waals surface area contributed by atoms with Crippen LogP contribution in [0.3, 0.4) is 0 Å². The number of nitrogens with one attached hydrogen (secondary N) is 2. The maximum atomic E-state index is 13.9. The third-order valence-corrected chi connectivity index (χ3v) is 5.66. The molecule has 180 valence electrons. The SMILES string of the molecule is COc1ccc(C2(c3ccc(OC)cc3)NC(=O)N(CC(=O)Nc3cc(F)ccc3F)C2=O)cc1. The van der Waals surface area contributed by atoms with Gasteiger partial charge in [0.15, 0.2) is 5.54 Å². The van der Waals surface area contributed by atoms with E-state index in [-0.39, 0.29) is 0 Å². The van der Waals surface area contributed by atoms with Gasteiger partial charge in [0.05, 0.1) is 19.9 Å². The van der Waals surface area contributed by atoms with Crippen molar-refractivity contribution >= 4 is 23.5 Å². The number of carbonyl (C=O) groups excluding carboxylic acids is 3. The van der Waals surface area contributed by atoms with Crippen molar-refractivity contribution in [1.29, 1.82) is 0 Å². The normalized spacial score (nSPS) is 14.5. The van der Waals surface area contributed by atoms with Crippen LogP contribution in [0.4, 0.5) is 19.3 Å². The molecule has 3 aromatic carbocycles. The lowest BCUT2D eigenvalue weighted by Gasteiger charge is -2.28. The minimum atomic E-state index is -1.64. The summed E-state index contributed by atoms with van der Waals surface area (Å²) in [5.74, 6) is -2.11. The number of methoxy groups -OCH3 is 2. The number of carbonyl (C=O) groups is 3. The summed E-state index contributed by atoms with van der Waals surface area (Å²) in [7, 11) is 3.00. The predicted octanol–water partition coefficient (Wildman–Crippen LogP) is 3.42. The topological polar surface area (TPSA) is 97.0 Å².